The first-order valence-corrected chi connectivity index (χ1v) is 13.7. The Labute approximate surface area is 237 Å². The molecule has 0 atom stereocenters. The van der Waals surface area contributed by atoms with Gasteiger partial charge in [-0.25, -0.2) is 0 Å². The van der Waals surface area contributed by atoms with Gasteiger partial charge in [-0.2, -0.15) is 0 Å². The van der Waals surface area contributed by atoms with Gasteiger partial charge in [-0.15, -0.1) is 0 Å². The summed E-state index contributed by atoms with van der Waals surface area (Å²) in [4.78, 5) is 45.1. The quantitative estimate of drug-likeness (QED) is 0.483. The number of carbonyl (C=O) groups is 3. The fourth-order valence-electron chi connectivity index (χ4n) is 4.87. The number of halogens is 2. The second-order valence-corrected chi connectivity index (χ2v) is 10.4. The van der Waals surface area contributed by atoms with Crippen molar-refractivity contribution in [2.75, 3.05) is 62.6 Å². The highest BCUT2D eigenvalue weighted by Crippen LogP contribution is 2.30. The number of benzene rings is 3. The number of anilines is 2. The van der Waals surface area contributed by atoms with E-state index in [2.05, 4.69) is 15.5 Å². The van der Waals surface area contributed by atoms with E-state index in [-0.39, 0.29) is 17.7 Å². The van der Waals surface area contributed by atoms with E-state index >= 15 is 0 Å². The zero-order valence-electron chi connectivity index (χ0n) is 21.3. The third-order valence-electron chi connectivity index (χ3n) is 6.96. The first kappa shape index (κ1) is 27.0. The summed E-state index contributed by atoms with van der Waals surface area (Å²) in [6.45, 7) is 4.92. The number of carbonyl (C=O) groups excluding carboxylic acids is 3. The Hall–Kier alpha value is -3.59. The van der Waals surface area contributed by atoms with Crippen molar-refractivity contribution < 1.29 is 14.4 Å². The zero-order chi connectivity index (χ0) is 27.4. The van der Waals surface area contributed by atoms with E-state index in [0.29, 0.717) is 71.7 Å². The second kappa shape index (κ2) is 12.1. The lowest BCUT2D eigenvalue weighted by atomic mass is 10.1. The average molecular weight is 566 g/mol. The molecule has 0 radical (unpaired) electrons. The van der Waals surface area contributed by atoms with E-state index < -0.39 is 0 Å². The van der Waals surface area contributed by atoms with Crippen LogP contribution in [0.15, 0.2) is 66.7 Å². The van der Waals surface area contributed by atoms with Crippen molar-refractivity contribution in [3.8, 4) is 0 Å². The lowest BCUT2D eigenvalue weighted by Gasteiger charge is -2.37. The van der Waals surface area contributed by atoms with Crippen LogP contribution in [0.2, 0.25) is 10.0 Å². The second-order valence-electron chi connectivity index (χ2n) is 9.53. The molecule has 0 aromatic heterocycles. The standard InChI is InChI=1S/C29H29Cl2N5O3/c30-23-5-1-3-20(17-23)27(37)33-25-19-22(29(39)35-11-9-32-10-12-35)7-8-26(25)34-13-15-36(16-14-34)28(38)21-4-2-6-24(31)18-21/h1-8,17-19,32H,9-16H2,(H,33,37). The third-order valence-corrected chi connectivity index (χ3v) is 7.43. The highest BCUT2D eigenvalue weighted by Gasteiger charge is 2.26. The summed E-state index contributed by atoms with van der Waals surface area (Å²) < 4.78 is 0. The van der Waals surface area contributed by atoms with Crippen LogP contribution in [0.25, 0.3) is 0 Å². The molecule has 2 fully saturated rings. The molecule has 10 heteroatoms. The number of piperazine rings is 2. The maximum Gasteiger partial charge on any atom is 0.255 e. The summed E-state index contributed by atoms with van der Waals surface area (Å²) in [5.41, 5.74) is 2.81. The van der Waals surface area contributed by atoms with Gasteiger partial charge in [-0.1, -0.05) is 35.3 Å². The number of nitrogens with zero attached hydrogens (tertiary/aromatic N) is 3. The molecule has 202 valence electrons. The fraction of sp³-hybridized carbons (Fsp3) is 0.276. The number of hydrogen-bond acceptors (Lipinski definition) is 5. The van der Waals surface area contributed by atoms with E-state index in [4.69, 9.17) is 23.2 Å². The van der Waals surface area contributed by atoms with Crippen LogP contribution in [0.4, 0.5) is 11.4 Å². The Balaban J connectivity index is 1.37. The number of nitrogens with one attached hydrogen (secondary N) is 2. The van der Waals surface area contributed by atoms with Crippen molar-refractivity contribution in [2.24, 2.45) is 0 Å². The molecule has 3 aromatic carbocycles. The van der Waals surface area contributed by atoms with Crippen molar-refractivity contribution in [2.45, 2.75) is 0 Å². The molecule has 0 bridgehead atoms. The van der Waals surface area contributed by atoms with Gasteiger partial charge in [0.2, 0.25) is 0 Å². The van der Waals surface area contributed by atoms with Crippen LogP contribution in [0.1, 0.15) is 31.1 Å². The lowest BCUT2D eigenvalue weighted by molar-refractivity contribution is 0.0731. The van der Waals surface area contributed by atoms with Crippen molar-refractivity contribution in [1.82, 2.24) is 15.1 Å². The Kier molecular flexibility index (Phi) is 8.35. The highest BCUT2D eigenvalue weighted by molar-refractivity contribution is 6.31. The van der Waals surface area contributed by atoms with Crippen LogP contribution < -0.4 is 15.5 Å². The molecule has 2 saturated heterocycles. The monoisotopic (exact) mass is 565 g/mol. The molecular weight excluding hydrogens is 537 g/mol. The normalized spacial score (nSPS) is 15.7. The maximum absolute atomic E-state index is 13.2. The summed E-state index contributed by atoms with van der Waals surface area (Å²) >= 11 is 12.2. The molecule has 2 heterocycles. The molecule has 39 heavy (non-hydrogen) atoms. The van der Waals surface area contributed by atoms with Crippen molar-refractivity contribution in [1.29, 1.82) is 0 Å². The average Bonchev–Trinajstić information content (AvgIpc) is 2.97. The summed E-state index contributed by atoms with van der Waals surface area (Å²) in [5, 5.41) is 7.24. The van der Waals surface area contributed by atoms with Crippen LogP contribution in [-0.2, 0) is 0 Å². The van der Waals surface area contributed by atoms with Gasteiger partial charge >= 0.3 is 0 Å². The predicted molar refractivity (Wildman–Crippen MR) is 154 cm³/mol. The highest BCUT2D eigenvalue weighted by atomic mass is 35.5. The van der Waals surface area contributed by atoms with E-state index in [1.165, 1.54) is 0 Å². The van der Waals surface area contributed by atoms with Crippen molar-refractivity contribution in [3.05, 3.63) is 93.5 Å². The van der Waals surface area contributed by atoms with Crippen molar-refractivity contribution in [3.63, 3.8) is 0 Å². The molecule has 8 nitrogen and oxygen atoms in total. The van der Waals surface area contributed by atoms with Crippen LogP contribution in [-0.4, -0.2) is 79.9 Å². The van der Waals surface area contributed by atoms with Gasteiger partial charge in [-0.3, -0.25) is 14.4 Å². The molecular formula is C29H29Cl2N5O3. The summed E-state index contributed by atoms with van der Waals surface area (Å²) in [6, 6.07) is 19.1. The van der Waals surface area contributed by atoms with Crippen LogP contribution in [0.3, 0.4) is 0 Å². The van der Waals surface area contributed by atoms with Crippen LogP contribution in [0.5, 0.6) is 0 Å². The van der Waals surface area contributed by atoms with Gasteiger partial charge in [0.15, 0.2) is 0 Å². The molecule has 0 unspecified atom stereocenters. The van der Waals surface area contributed by atoms with Gasteiger partial charge < -0.3 is 25.3 Å². The van der Waals surface area contributed by atoms with Gasteiger partial charge in [0.05, 0.1) is 11.4 Å². The SMILES string of the molecule is O=C(Nc1cc(C(=O)N2CCNCC2)ccc1N1CCN(C(=O)c2cccc(Cl)c2)CC1)c1cccc(Cl)c1. The zero-order valence-corrected chi connectivity index (χ0v) is 22.8. The minimum atomic E-state index is -0.319. The van der Waals surface area contributed by atoms with Gasteiger partial charge in [0.25, 0.3) is 17.7 Å². The predicted octanol–water partition coefficient (Wildman–Crippen LogP) is 4.25. The van der Waals surface area contributed by atoms with Gasteiger partial charge in [0.1, 0.15) is 0 Å². The first-order chi connectivity index (χ1) is 18.9. The molecule has 0 spiro atoms. The third kappa shape index (κ3) is 6.36. The molecule has 2 N–H and O–H groups in total. The molecule has 0 saturated carbocycles. The number of rotatable bonds is 5. The number of amides is 3. The Bertz CT molecular complexity index is 1380. The van der Waals surface area contributed by atoms with E-state index in [1.54, 1.807) is 65.6 Å². The summed E-state index contributed by atoms with van der Waals surface area (Å²) in [6.07, 6.45) is 0. The van der Waals surface area contributed by atoms with E-state index in [9.17, 15) is 14.4 Å². The smallest absolute Gasteiger partial charge is 0.255 e. The van der Waals surface area contributed by atoms with Gasteiger partial charge in [-0.05, 0) is 54.6 Å². The minimum Gasteiger partial charge on any atom is -0.366 e. The summed E-state index contributed by atoms with van der Waals surface area (Å²) in [7, 11) is 0. The van der Waals surface area contributed by atoms with E-state index in [0.717, 1.165) is 18.8 Å². The first-order valence-electron chi connectivity index (χ1n) is 12.9. The Morgan fingerprint density at radius 1 is 0.667 bits per heavy atom. The molecule has 0 aliphatic carbocycles. The fourth-order valence-corrected chi connectivity index (χ4v) is 5.25. The molecule has 3 amide bonds. The molecule has 3 aromatic rings. The Morgan fingerprint density at radius 2 is 1.23 bits per heavy atom. The van der Waals surface area contributed by atoms with E-state index in [1.807, 2.05) is 11.0 Å². The Morgan fingerprint density at radius 3 is 1.87 bits per heavy atom. The lowest BCUT2D eigenvalue weighted by Crippen LogP contribution is -2.49. The van der Waals surface area contributed by atoms with Crippen LogP contribution in [0, 0.1) is 0 Å². The van der Waals surface area contributed by atoms with Gasteiger partial charge in [0, 0.05) is 79.1 Å². The molecule has 5 rings (SSSR count). The maximum atomic E-state index is 13.2. The molecule has 2 aliphatic heterocycles. The minimum absolute atomic E-state index is 0.0661. The largest absolute Gasteiger partial charge is 0.366 e. The summed E-state index contributed by atoms with van der Waals surface area (Å²) in [5.74, 6) is -0.456. The van der Waals surface area contributed by atoms with Crippen molar-refractivity contribution >= 4 is 52.3 Å². The topological polar surface area (TPSA) is 85.0 Å². The number of hydrogen-bond donors (Lipinski definition) is 2. The van der Waals surface area contributed by atoms with Crippen LogP contribution >= 0.6 is 23.2 Å². The molecule has 2 aliphatic rings.